The van der Waals surface area contributed by atoms with Gasteiger partial charge in [0.15, 0.2) is 17.4 Å². The lowest BCUT2D eigenvalue weighted by Crippen LogP contribution is -2.21. The SMILES string of the molecule is COc1ccc(NC(=O)c2cccc(-c3nc(NC(P(=O)(O)O)P(=O)(O)O)c4ccn(C)c4n3)c2)cc1F. The van der Waals surface area contributed by atoms with Gasteiger partial charge in [0.2, 0.25) is 5.52 Å². The first kappa shape index (κ1) is 27.4. The minimum atomic E-state index is -5.31. The van der Waals surface area contributed by atoms with Crippen LogP contribution >= 0.6 is 15.2 Å². The number of carbonyl (C=O) groups excluding carboxylic acids is 1. The highest BCUT2D eigenvalue weighted by molar-refractivity contribution is 7.71. The van der Waals surface area contributed by atoms with Gasteiger partial charge in [-0.3, -0.25) is 13.9 Å². The second kappa shape index (κ2) is 10.3. The molecule has 2 aromatic carbocycles. The molecule has 16 heteroatoms. The van der Waals surface area contributed by atoms with Crippen LogP contribution < -0.4 is 15.4 Å². The highest BCUT2D eigenvalue weighted by Crippen LogP contribution is 2.59. The van der Waals surface area contributed by atoms with Crippen LogP contribution in [0.3, 0.4) is 0 Å². The van der Waals surface area contributed by atoms with E-state index >= 15 is 0 Å². The molecule has 0 saturated carbocycles. The minimum absolute atomic E-state index is 0.00196. The molecule has 38 heavy (non-hydrogen) atoms. The van der Waals surface area contributed by atoms with Crippen molar-refractivity contribution in [2.24, 2.45) is 7.05 Å². The second-order valence-corrected chi connectivity index (χ2v) is 11.9. The first-order valence-electron chi connectivity index (χ1n) is 10.7. The summed E-state index contributed by atoms with van der Waals surface area (Å²) in [5.74, 6) is -1.44. The average molecular weight is 565 g/mol. The third kappa shape index (κ3) is 5.76. The molecule has 0 fully saturated rings. The molecule has 0 aliphatic rings. The number of hydrogen-bond donors (Lipinski definition) is 6. The average Bonchev–Trinajstić information content (AvgIpc) is 3.22. The number of nitrogens with zero attached hydrogens (tertiary/aromatic N) is 3. The van der Waals surface area contributed by atoms with Gasteiger partial charge in [0.05, 0.1) is 12.5 Å². The van der Waals surface area contributed by atoms with E-state index in [0.717, 1.165) is 6.07 Å². The maximum Gasteiger partial charge on any atom is 0.360 e. The number of anilines is 2. The van der Waals surface area contributed by atoms with Crippen LogP contribution in [0.15, 0.2) is 54.7 Å². The molecule has 0 atom stereocenters. The Labute approximate surface area is 214 Å². The number of aryl methyl sites for hydroxylation is 1. The topological polar surface area (TPSA) is 196 Å². The number of amides is 1. The summed E-state index contributed by atoms with van der Waals surface area (Å²) >= 11 is 0. The fraction of sp³-hybridized carbons (Fsp3) is 0.136. The highest BCUT2D eigenvalue weighted by atomic mass is 31.2. The van der Waals surface area contributed by atoms with Crippen molar-refractivity contribution < 1.29 is 42.6 Å². The molecular formula is C22H22FN5O8P2. The predicted octanol–water partition coefficient (Wildman–Crippen LogP) is 3.09. The Morgan fingerprint density at radius 2 is 1.76 bits per heavy atom. The van der Waals surface area contributed by atoms with Crippen molar-refractivity contribution in [2.45, 2.75) is 5.52 Å². The molecule has 1 amide bonds. The number of aromatic nitrogens is 3. The standard InChI is InChI=1S/C22H22FN5O8P2/c1-28-9-8-15-19(27-22(37(30,31)32)38(33,34)35)25-18(26-20(15)28)12-4-3-5-13(10-12)21(29)24-14-6-7-17(36-2)16(23)11-14/h3-11,22H,1-2H3,(H,24,29)(H,25,26,27)(H2,30,31,32)(H2,33,34,35). The molecule has 13 nitrogen and oxygen atoms in total. The third-order valence-electron chi connectivity index (χ3n) is 5.42. The Morgan fingerprint density at radius 1 is 1.05 bits per heavy atom. The van der Waals surface area contributed by atoms with Gasteiger partial charge in [-0.05, 0) is 30.3 Å². The van der Waals surface area contributed by atoms with E-state index in [9.17, 15) is 37.9 Å². The van der Waals surface area contributed by atoms with Crippen LogP contribution in [0, 0.1) is 5.82 Å². The van der Waals surface area contributed by atoms with Crippen molar-refractivity contribution in [3.8, 4) is 17.1 Å². The van der Waals surface area contributed by atoms with Crippen molar-refractivity contribution in [1.29, 1.82) is 0 Å². The van der Waals surface area contributed by atoms with E-state index in [4.69, 9.17) is 4.74 Å². The minimum Gasteiger partial charge on any atom is -0.494 e. The van der Waals surface area contributed by atoms with E-state index in [2.05, 4.69) is 20.6 Å². The van der Waals surface area contributed by atoms with Gasteiger partial charge in [-0.2, -0.15) is 0 Å². The Morgan fingerprint density at radius 3 is 2.39 bits per heavy atom. The molecule has 0 aliphatic carbocycles. The van der Waals surface area contributed by atoms with Crippen LogP contribution in [-0.2, 0) is 16.2 Å². The quantitative estimate of drug-likeness (QED) is 0.172. The number of carbonyl (C=O) groups is 1. The Bertz CT molecular complexity index is 1610. The van der Waals surface area contributed by atoms with E-state index in [1.165, 1.54) is 37.4 Å². The molecule has 4 rings (SSSR count). The summed E-state index contributed by atoms with van der Waals surface area (Å²) in [5, 5.41) is 5.01. The molecule has 0 spiro atoms. The Kier molecular flexibility index (Phi) is 7.39. The normalized spacial score (nSPS) is 12.1. The number of rotatable bonds is 8. The van der Waals surface area contributed by atoms with Crippen molar-refractivity contribution in [1.82, 2.24) is 14.5 Å². The van der Waals surface area contributed by atoms with Crippen LogP contribution in [-0.4, -0.2) is 52.6 Å². The number of fused-ring (bicyclic) bond motifs is 1. The van der Waals surface area contributed by atoms with Gasteiger partial charge in [-0.25, -0.2) is 14.4 Å². The maximum absolute atomic E-state index is 14.0. The van der Waals surface area contributed by atoms with Crippen LogP contribution in [0.1, 0.15) is 10.4 Å². The highest BCUT2D eigenvalue weighted by Gasteiger charge is 2.44. The molecule has 0 radical (unpaired) electrons. The summed E-state index contributed by atoms with van der Waals surface area (Å²) < 4.78 is 44.1. The van der Waals surface area contributed by atoms with Crippen LogP contribution in [0.2, 0.25) is 0 Å². The Hall–Kier alpha value is -3.64. The number of ether oxygens (including phenoxy) is 1. The first-order valence-corrected chi connectivity index (χ1v) is 14.1. The molecule has 0 saturated heterocycles. The number of hydrogen-bond acceptors (Lipinski definition) is 7. The Balaban J connectivity index is 1.72. The van der Waals surface area contributed by atoms with Gasteiger partial charge in [0.25, 0.3) is 5.91 Å². The van der Waals surface area contributed by atoms with E-state index in [1.54, 1.807) is 29.9 Å². The summed E-state index contributed by atoms with van der Waals surface area (Å²) in [6, 6.07) is 11.5. The fourth-order valence-corrected chi connectivity index (χ4v) is 5.76. The largest absolute Gasteiger partial charge is 0.494 e. The van der Waals surface area contributed by atoms with Gasteiger partial charge >= 0.3 is 15.2 Å². The van der Waals surface area contributed by atoms with Gasteiger partial charge in [-0.15, -0.1) is 0 Å². The maximum atomic E-state index is 14.0. The van der Waals surface area contributed by atoms with Crippen LogP contribution in [0.4, 0.5) is 15.9 Å². The van der Waals surface area contributed by atoms with Gasteiger partial charge < -0.3 is 39.5 Å². The van der Waals surface area contributed by atoms with Gasteiger partial charge in [-0.1, -0.05) is 12.1 Å². The summed E-state index contributed by atoms with van der Waals surface area (Å²) in [6.07, 6.45) is 1.58. The van der Waals surface area contributed by atoms with E-state index < -0.39 is 32.4 Å². The number of benzene rings is 2. The van der Waals surface area contributed by atoms with E-state index in [1.807, 2.05) is 0 Å². The summed E-state index contributed by atoms with van der Waals surface area (Å²) in [5.41, 5.74) is -1.59. The molecule has 2 heterocycles. The lowest BCUT2D eigenvalue weighted by molar-refractivity contribution is 0.102. The zero-order valence-electron chi connectivity index (χ0n) is 19.8. The molecule has 0 bridgehead atoms. The van der Waals surface area contributed by atoms with Crippen molar-refractivity contribution >= 4 is 43.6 Å². The van der Waals surface area contributed by atoms with Crippen LogP contribution in [0.5, 0.6) is 5.75 Å². The fourth-order valence-electron chi connectivity index (χ4n) is 3.61. The van der Waals surface area contributed by atoms with Crippen molar-refractivity contribution in [3.05, 3.63) is 66.1 Å². The zero-order valence-corrected chi connectivity index (χ0v) is 21.6. The molecular weight excluding hydrogens is 543 g/mol. The lowest BCUT2D eigenvalue weighted by atomic mass is 10.1. The van der Waals surface area contributed by atoms with Gasteiger partial charge in [0.1, 0.15) is 11.5 Å². The molecule has 2 aromatic heterocycles. The first-order chi connectivity index (χ1) is 17.8. The number of nitrogens with one attached hydrogen (secondary N) is 2. The van der Waals surface area contributed by atoms with Crippen molar-refractivity contribution in [3.63, 3.8) is 0 Å². The summed E-state index contributed by atoms with van der Waals surface area (Å²) in [4.78, 5) is 59.7. The van der Waals surface area contributed by atoms with Crippen molar-refractivity contribution in [2.75, 3.05) is 17.7 Å². The smallest absolute Gasteiger partial charge is 0.360 e. The second-order valence-electron chi connectivity index (χ2n) is 8.14. The molecule has 4 aromatic rings. The monoisotopic (exact) mass is 565 g/mol. The lowest BCUT2D eigenvalue weighted by Gasteiger charge is -2.21. The molecule has 0 unspecified atom stereocenters. The van der Waals surface area contributed by atoms with E-state index in [-0.39, 0.29) is 39.7 Å². The van der Waals surface area contributed by atoms with Crippen LogP contribution in [0.25, 0.3) is 22.4 Å². The predicted molar refractivity (Wildman–Crippen MR) is 136 cm³/mol. The summed E-state index contributed by atoms with van der Waals surface area (Å²) in [6.45, 7) is 0. The molecule has 6 N–H and O–H groups in total. The molecule has 0 aliphatic heterocycles. The zero-order chi connectivity index (χ0) is 27.8. The number of methoxy groups -OCH3 is 1. The number of halogens is 1. The van der Waals surface area contributed by atoms with Gasteiger partial charge in [0, 0.05) is 36.1 Å². The molecule has 200 valence electrons. The van der Waals surface area contributed by atoms with E-state index in [0.29, 0.717) is 5.56 Å². The third-order valence-corrected chi connectivity index (χ3v) is 8.76. The summed E-state index contributed by atoms with van der Waals surface area (Å²) in [7, 11) is -7.67.